The third-order valence-electron chi connectivity index (χ3n) is 3.35. The van der Waals surface area contributed by atoms with Crippen LogP contribution in [0.3, 0.4) is 0 Å². The number of thiophene rings is 1. The average Bonchev–Trinajstić information content (AvgIpc) is 2.91. The van der Waals surface area contributed by atoms with Gasteiger partial charge in [-0.1, -0.05) is 37.6 Å². The molecule has 2 rings (SSSR count). The Hall–Kier alpha value is -0.830. The molecule has 1 nitrogen and oxygen atoms in total. The van der Waals surface area contributed by atoms with E-state index in [2.05, 4.69) is 48.1 Å². The van der Waals surface area contributed by atoms with E-state index in [9.17, 15) is 0 Å². The minimum Gasteiger partial charge on any atom is -0.316 e. The summed E-state index contributed by atoms with van der Waals surface area (Å²) in [5.41, 5.74) is 2.78. The predicted octanol–water partition coefficient (Wildman–Crippen LogP) is 4.97. The van der Waals surface area contributed by atoms with E-state index in [4.69, 9.17) is 11.6 Å². The molecule has 1 unspecified atom stereocenters. The van der Waals surface area contributed by atoms with E-state index in [1.54, 1.807) is 11.3 Å². The van der Waals surface area contributed by atoms with E-state index in [1.807, 2.05) is 12.1 Å². The zero-order chi connectivity index (χ0) is 14.4. The molecular formula is C17H22ClNS. The van der Waals surface area contributed by atoms with Crippen LogP contribution in [0.1, 0.15) is 30.9 Å². The lowest BCUT2D eigenvalue weighted by molar-refractivity contribution is 0.514. The van der Waals surface area contributed by atoms with Crippen molar-refractivity contribution in [3.05, 3.63) is 57.2 Å². The van der Waals surface area contributed by atoms with Gasteiger partial charge < -0.3 is 5.32 Å². The molecule has 0 aliphatic rings. The first-order valence-electron chi connectivity index (χ1n) is 7.12. The molecule has 3 heteroatoms. The molecule has 20 heavy (non-hydrogen) atoms. The van der Waals surface area contributed by atoms with Crippen LogP contribution in [-0.2, 0) is 6.42 Å². The van der Waals surface area contributed by atoms with Gasteiger partial charge in [0.1, 0.15) is 0 Å². The molecule has 0 saturated carbocycles. The van der Waals surface area contributed by atoms with Gasteiger partial charge >= 0.3 is 0 Å². The van der Waals surface area contributed by atoms with Crippen molar-refractivity contribution in [1.82, 2.24) is 5.32 Å². The fourth-order valence-electron chi connectivity index (χ4n) is 2.28. The van der Waals surface area contributed by atoms with Crippen LogP contribution in [0.5, 0.6) is 0 Å². The summed E-state index contributed by atoms with van der Waals surface area (Å²) in [7, 11) is 0. The van der Waals surface area contributed by atoms with Crippen molar-refractivity contribution in [2.75, 3.05) is 13.1 Å². The molecule has 0 spiro atoms. The number of hydrogen-bond acceptors (Lipinski definition) is 2. The fraction of sp³-hybridized carbons (Fsp3) is 0.412. The van der Waals surface area contributed by atoms with Gasteiger partial charge in [0.2, 0.25) is 0 Å². The second-order valence-electron chi connectivity index (χ2n) is 5.64. The first kappa shape index (κ1) is 15.6. The first-order valence-corrected chi connectivity index (χ1v) is 8.44. The van der Waals surface area contributed by atoms with Crippen LogP contribution >= 0.6 is 22.9 Å². The Balaban J connectivity index is 2.04. The van der Waals surface area contributed by atoms with Gasteiger partial charge in [-0.05, 0) is 59.0 Å². The van der Waals surface area contributed by atoms with E-state index in [0.29, 0.717) is 11.8 Å². The van der Waals surface area contributed by atoms with Gasteiger partial charge in [0.15, 0.2) is 0 Å². The highest BCUT2D eigenvalue weighted by atomic mass is 35.5. The van der Waals surface area contributed by atoms with E-state index >= 15 is 0 Å². The average molecular weight is 308 g/mol. The van der Waals surface area contributed by atoms with Crippen LogP contribution in [0.25, 0.3) is 0 Å². The highest BCUT2D eigenvalue weighted by Crippen LogP contribution is 2.23. The maximum atomic E-state index is 5.99. The molecule has 0 bridgehead atoms. The van der Waals surface area contributed by atoms with E-state index < -0.39 is 0 Å². The predicted molar refractivity (Wildman–Crippen MR) is 89.9 cm³/mol. The van der Waals surface area contributed by atoms with Gasteiger partial charge in [-0.2, -0.15) is 11.3 Å². The van der Waals surface area contributed by atoms with E-state index in [0.717, 1.165) is 24.5 Å². The molecule has 0 aliphatic carbocycles. The normalized spacial score (nSPS) is 12.8. The zero-order valence-electron chi connectivity index (χ0n) is 12.1. The minimum atomic E-state index is 0.501. The maximum absolute atomic E-state index is 5.99. The van der Waals surface area contributed by atoms with Crippen molar-refractivity contribution < 1.29 is 0 Å². The summed E-state index contributed by atoms with van der Waals surface area (Å²) in [4.78, 5) is 0. The smallest absolute Gasteiger partial charge is 0.0406 e. The molecule has 0 aliphatic heterocycles. The SMILES string of the molecule is CC(C)CNCC(Cc1ccsc1)c1ccc(Cl)cc1. The Morgan fingerprint density at radius 3 is 2.45 bits per heavy atom. The van der Waals surface area contributed by atoms with Crippen molar-refractivity contribution in [2.24, 2.45) is 5.92 Å². The molecule has 2 aromatic rings. The van der Waals surface area contributed by atoms with Gasteiger partial charge in [0.25, 0.3) is 0 Å². The summed E-state index contributed by atoms with van der Waals surface area (Å²) in [5, 5.41) is 8.77. The lowest BCUT2D eigenvalue weighted by Crippen LogP contribution is -2.26. The molecule has 1 heterocycles. The Morgan fingerprint density at radius 2 is 1.85 bits per heavy atom. The summed E-state index contributed by atoms with van der Waals surface area (Å²) in [6.07, 6.45) is 1.08. The van der Waals surface area contributed by atoms with Crippen molar-refractivity contribution in [3.63, 3.8) is 0 Å². The standard InChI is InChI=1S/C17H22ClNS/c1-13(2)10-19-11-16(9-14-7-8-20-12-14)15-3-5-17(18)6-4-15/h3-8,12-13,16,19H,9-11H2,1-2H3. The number of rotatable bonds is 7. The van der Waals surface area contributed by atoms with Crippen LogP contribution in [0.4, 0.5) is 0 Å². The highest BCUT2D eigenvalue weighted by molar-refractivity contribution is 7.07. The number of nitrogens with one attached hydrogen (secondary N) is 1. The van der Waals surface area contributed by atoms with Crippen molar-refractivity contribution in [1.29, 1.82) is 0 Å². The van der Waals surface area contributed by atoms with Crippen molar-refractivity contribution >= 4 is 22.9 Å². The monoisotopic (exact) mass is 307 g/mol. The summed E-state index contributed by atoms with van der Waals surface area (Å²) in [6.45, 7) is 6.55. The quantitative estimate of drug-likeness (QED) is 0.761. The summed E-state index contributed by atoms with van der Waals surface area (Å²) in [5.74, 6) is 1.18. The van der Waals surface area contributed by atoms with E-state index in [1.165, 1.54) is 11.1 Å². The molecule has 0 fully saturated rings. The molecule has 1 aromatic carbocycles. The van der Waals surface area contributed by atoms with Gasteiger partial charge in [0, 0.05) is 17.5 Å². The van der Waals surface area contributed by atoms with Crippen molar-refractivity contribution in [3.8, 4) is 0 Å². The molecular weight excluding hydrogens is 286 g/mol. The second-order valence-corrected chi connectivity index (χ2v) is 6.85. The Morgan fingerprint density at radius 1 is 1.10 bits per heavy atom. The van der Waals surface area contributed by atoms with Crippen LogP contribution < -0.4 is 5.32 Å². The first-order chi connectivity index (χ1) is 9.65. The Bertz CT molecular complexity index is 490. The summed E-state index contributed by atoms with van der Waals surface area (Å²) >= 11 is 7.76. The van der Waals surface area contributed by atoms with Crippen molar-refractivity contribution in [2.45, 2.75) is 26.2 Å². The molecule has 108 valence electrons. The lowest BCUT2D eigenvalue weighted by Gasteiger charge is -2.19. The highest BCUT2D eigenvalue weighted by Gasteiger charge is 2.13. The molecule has 1 aromatic heterocycles. The third-order valence-corrected chi connectivity index (χ3v) is 4.33. The molecule has 0 radical (unpaired) electrons. The fourth-order valence-corrected chi connectivity index (χ4v) is 3.09. The number of halogens is 1. The van der Waals surface area contributed by atoms with Gasteiger partial charge in [-0.15, -0.1) is 0 Å². The lowest BCUT2D eigenvalue weighted by atomic mass is 9.93. The van der Waals surface area contributed by atoms with Crippen LogP contribution in [0.15, 0.2) is 41.1 Å². The molecule has 1 atom stereocenters. The molecule has 1 N–H and O–H groups in total. The van der Waals surface area contributed by atoms with Gasteiger partial charge in [0.05, 0.1) is 0 Å². The zero-order valence-corrected chi connectivity index (χ0v) is 13.7. The topological polar surface area (TPSA) is 12.0 Å². The number of benzene rings is 1. The summed E-state index contributed by atoms with van der Waals surface area (Å²) < 4.78 is 0. The van der Waals surface area contributed by atoms with Gasteiger partial charge in [-0.3, -0.25) is 0 Å². The van der Waals surface area contributed by atoms with Gasteiger partial charge in [-0.25, -0.2) is 0 Å². The summed E-state index contributed by atoms with van der Waals surface area (Å²) in [6, 6.07) is 10.5. The second kappa shape index (κ2) is 7.82. The molecule has 0 saturated heterocycles. The van der Waals surface area contributed by atoms with Crippen LogP contribution in [0.2, 0.25) is 5.02 Å². The maximum Gasteiger partial charge on any atom is 0.0406 e. The minimum absolute atomic E-state index is 0.501. The van der Waals surface area contributed by atoms with Crippen LogP contribution in [-0.4, -0.2) is 13.1 Å². The third kappa shape index (κ3) is 4.93. The Kier molecular flexibility index (Phi) is 6.08. The molecule has 0 amide bonds. The largest absolute Gasteiger partial charge is 0.316 e. The number of hydrogen-bond donors (Lipinski definition) is 1. The van der Waals surface area contributed by atoms with Crippen LogP contribution in [0, 0.1) is 5.92 Å². The Labute approximate surface area is 131 Å². The van der Waals surface area contributed by atoms with E-state index in [-0.39, 0.29) is 0 Å².